The molecule has 1 aromatic carbocycles. The summed E-state index contributed by atoms with van der Waals surface area (Å²) in [7, 11) is 2.12. The lowest BCUT2D eigenvalue weighted by Crippen LogP contribution is -2.39. The number of fused-ring (bicyclic) bond motifs is 1. The molecule has 2 heterocycles. The van der Waals surface area contributed by atoms with Crippen LogP contribution in [-0.4, -0.2) is 42.5 Å². The number of hydrogen-bond donors (Lipinski definition) is 2. The molecule has 1 aromatic heterocycles. The molecule has 4 heteroatoms. The molecule has 1 fully saturated rings. The van der Waals surface area contributed by atoms with Gasteiger partial charge in [0, 0.05) is 29.6 Å². The van der Waals surface area contributed by atoms with Gasteiger partial charge in [-0.05, 0) is 51.0 Å². The van der Waals surface area contributed by atoms with Crippen LogP contribution in [-0.2, 0) is 11.2 Å². The van der Waals surface area contributed by atoms with Gasteiger partial charge in [0.25, 0.3) is 0 Å². The van der Waals surface area contributed by atoms with E-state index >= 15 is 0 Å². The van der Waals surface area contributed by atoms with Gasteiger partial charge in [-0.2, -0.15) is 0 Å². The zero-order valence-electron chi connectivity index (χ0n) is 12.6. The highest BCUT2D eigenvalue weighted by Crippen LogP contribution is 2.18. The number of carbonyl (C=O) groups excluding carboxylic acids is 1. The summed E-state index contributed by atoms with van der Waals surface area (Å²) in [6.45, 7) is 2.77. The first-order valence-corrected chi connectivity index (χ1v) is 7.75. The number of para-hydroxylation sites is 1. The number of H-pyrrole nitrogens is 1. The van der Waals surface area contributed by atoms with Crippen molar-refractivity contribution in [1.82, 2.24) is 15.2 Å². The largest absolute Gasteiger partial charge is 0.361 e. The molecule has 0 radical (unpaired) electrons. The third kappa shape index (κ3) is 3.27. The number of carbonyl (C=O) groups is 1. The summed E-state index contributed by atoms with van der Waals surface area (Å²) in [6, 6.07) is 8.29. The smallest absolute Gasteiger partial charge is 0.223 e. The second kappa shape index (κ2) is 6.31. The first-order chi connectivity index (χ1) is 10.2. The fourth-order valence-electron chi connectivity index (χ4n) is 3.07. The van der Waals surface area contributed by atoms with E-state index in [0.717, 1.165) is 37.9 Å². The standard InChI is InChI=1S/C17H23N3O/c1-20-10-7-13(8-11-20)17(21)18-9-6-14-12-19-16-5-3-2-4-15(14)16/h2-5,12-13,19H,6-11H2,1H3,(H,18,21). The Hall–Kier alpha value is -1.81. The minimum Gasteiger partial charge on any atom is -0.361 e. The van der Waals surface area contributed by atoms with Gasteiger partial charge in [0.1, 0.15) is 0 Å². The second-order valence-electron chi connectivity index (χ2n) is 5.98. The van der Waals surface area contributed by atoms with E-state index in [4.69, 9.17) is 0 Å². The highest BCUT2D eigenvalue weighted by atomic mass is 16.1. The molecule has 21 heavy (non-hydrogen) atoms. The molecule has 3 rings (SSSR count). The zero-order chi connectivity index (χ0) is 14.7. The van der Waals surface area contributed by atoms with E-state index in [-0.39, 0.29) is 11.8 Å². The molecule has 1 saturated heterocycles. The number of aromatic amines is 1. The number of piperidine rings is 1. The molecule has 0 unspecified atom stereocenters. The van der Waals surface area contributed by atoms with E-state index < -0.39 is 0 Å². The average molecular weight is 285 g/mol. The van der Waals surface area contributed by atoms with E-state index in [1.807, 2.05) is 12.3 Å². The molecule has 1 amide bonds. The lowest BCUT2D eigenvalue weighted by Gasteiger charge is -2.28. The van der Waals surface area contributed by atoms with Crippen molar-refractivity contribution in [2.45, 2.75) is 19.3 Å². The Labute approximate surface area is 125 Å². The third-order valence-corrected chi connectivity index (χ3v) is 4.46. The minimum absolute atomic E-state index is 0.198. The van der Waals surface area contributed by atoms with E-state index in [2.05, 4.69) is 40.4 Å². The Bertz CT molecular complexity index is 611. The first kappa shape index (κ1) is 14.1. The molecule has 4 nitrogen and oxygen atoms in total. The summed E-state index contributed by atoms with van der Waals surface area (Å²) in [4.78, 5) is 17.7. The van der Waals surface area contributed by atoms with Crippen LogP contribution in [0.2, 0.25) is 0 Å². The molecule has 0 saturated carbocycles. The fourth-order valence-corrected chi connectivity index (χ4v) is 3.07. The Morgan fingerprint density at radius 3 is 2.90 bits per heavy atom. The molecular weight excluding hydrogens is 262 g/mol. The van der Waals surface area contributed by atoms with Crippen LogP contribution in [0, 0.1) is 5.92 Å². The third-order valence-electron chi connectivity index (χ3n) is 4.46. The highest BCUT2D eigenvalue weighted by molar-refractivity contribution is 5.83. The summed E-state index contributed by atoms with van der Waals surface area (Å²) >= 11 is 0. The molecule has 2 aromatic rings. The minimum atomic E-state index is 0.198. The van der Waals surface area contributed by atoms with E-state index in [1.165, 1.54) is 10.9 Å². The maximum absolute atomic E-state index is 12.2. The Morgan fingerprint density at radius 1 is 1.33 bits per heavy atom. The number of nitrogens with zero attached hydrogens (tertiary/aromatic N) is 1. The molecule has 112 valence electrons. The molecule has 0 atom stereocenters. The van der Waals surface area contributed by atoms with Gasteiger partial charge in [0.2, 0.25) is 5.91 Å². The molecule has 1 aliphatic heterocycles. The lowest BCUT2D eigenvalue weighted by molar-refractivity contribution is -0.126. The SMILES string of the molecule is CN1CCC(C(=O)NCCc2c[nH]c3ccccc23)CC1. The lowest BCUT2D eigenvalue weighted by atomic mass is 9.96. The normalized spacial score (nSPS) is 17.2. The monoisotopic (exact) mass is 285 g/mol. The van der Waals surface area contributed by atoms with Crippen molar-refractivity contribution in [3.63, 3.8) is 0 Å². The van der Waals surface area contributed by atoms with E-state index in [0.29, 0.717) is 6.54 Å². The van der Waals surface area contributed by atoms with Crippen LogP contribution < -0.4 is 5.32 Å². The number of likely N-dealkylation sites (tertiary alicyclic amines) is 1. The van der Waals surface area contributed by atoms with Crippen molar-refractivity contribution < 1.29 is 4.79 Å². The summed E-state index contributed by atoms with van der Waals surface area (Å²) in [5, 5.41) is 4.35. The van der Waals surface area contributed by atoms with Crippen molar-refractivity contribution in [2.24, 2.45) is 5.92 Å². The molecule has 0 bridgehead atoms. The number of amides is 1. The first-order valence-electron chi connectivity index (χ1n) is 7.75. The predicted molar refractivity (Wildman–Crippen MR) is 85.2 cm³/mol. The van der Waals surface area contributed by atoms with Crippen LogP contribution in [0.15, 0.2) is 30.5 Å². The van der Waals surface area contributed by atoms with Crippen molar-refractivity contribution >= 4 is 16.8 Å². The van der Waals surface area contributed by atoms with Crippen LogP contribution in [0.5, 0.6) is 0 Å². The predicted octanol–water partition coefficient (Wildman–Crippen LogP) is 2.17. The van der Waals surface area contributed by atoms with Crippen LogP contribution in [0.3, 0.4) is 0 Å². The van der Waals surface area contributed by atoms with E-state index in [1.54, 1.807) is 0 Å². The van der Waals surface area contributed by atoms with Gasteiger partial charge < -0.3 is 15.2 Å². The fraction of sp³-hybridized carbons (Fsp3) is 0.471. The van der Waals surface area contributed by atoms with Crippen molar-refractivity contribution in [3.8, 4) is 0 Å². The summed E-state index contributed by atoms with van der Waals surface area (Å²) in [5.74, 6) is 0.423. The van der Waals surface area contributed by atoms with Crippen molar-refractivity contribution in [3.05, 3.63) is 36.0 Å². The number of nitrogens with one attached hydrogen (secondary N) is 2. The summed E-state index contributed by atoms with van der Waals surface area (Å²) in [5.41, 5.74) is 2.43. The average Bonchev–Trinajstić information content (AvgIpc) is 2.91. The second-order valence-corrected chi connectivity index (χ2v) is 5.98. The van der Waals surface area contributed by atoms with Gasteiger partial charge in [-0.3, -0.25) is 4.79 Å². The van der Waals surface area contributed by atoms with Gasteiger partial charge in [-0.1, -0.05) is 18.2 Å². The maximum atomic E-state index is 12.2. The number of benzene rings is 1. The number of aromatic nitrogens is 1. The summed E-state index contributed by atoms with van der Waals surface area (Å²) in [6.07, 6.45) is 4.89. The Morgan fingerprint density at radius 2 is 2.10 bits per heavy atom. The van der Waals surface area contributed by atoms with Crippen LogP contribution >= 0.6 is 0 Å². The molecule has 2 N–H and O–H groups in total. The molecule has 0 aliphatic carbocycles. The van der Waals surface area contributed by atoms with Gasteiger partial charge in [0.05, 0.1) is 0 Å². The summed E-state index contributed by atoms with van der Waals surface area (Å²) < 4.78 is 0. The molecular formula is C17H23N3O. The van der Waals surface area contributed by atoms with Crippen molar-refractivity contribution in [2.75, 3.05) is 26.7 Å². The van der Waals surface area contributed by atoms with Crippen LogP contribution in [0.4, 0.5) is 0 Å². The van der Waals surface area contributed by atoms with Crippen LogP contribution in [0.25, 0.3) is 10.9 Å². The zero-order valence-corrected chi connectivity index (χ0v) is 12.6. The van der Waals surface area contributed by atoms with Gasteiger partial charge >= 0.3 is 0 Å². The Kier molecular flexibility index (Phi) is 4.25. The number of hydrogen-bond acceptors (Lipinski definition) is 2. The maximum Gasteiger partial charge on any atom is 0.223 e. The Balaban J connectivity index is 1.51. The van der Waals surface area contributed by atoms with Crippen LogP contribution in [0.1, 0.15) is 18.4 Å². The molecule has 1 aliphatic rings. The van der Waals surface area contributed by atoms with Gasteiger partial charge in [-0.15, -0.1) is 0 Å². The van der Waals surface area contributed by atoms with Gasteiger partial charge in [0.15, 0.2) is 0 Å². The van der Waals surface area contributed by atoms with Crippen molar-refractivity contribution in [1.29, 1.82) is 0 Å². The molecule has 0 spiro atoms. The van der Waals surface area contributed by atoms with E-state index in [9.17, 15) is 4.79 Å². The van der Waals surface area contributed by atoms with Gasteiger partial charge in [-0.25, -0.2) is 0 Å². The topological polar surface area (TPSA) is 48.1 Å². The highest BCUT2D eigenvalue weighted by Gasteiger charge is 2.22. The quantitative estimate of drug-likeness (QED) is 0.904. The number of rotatable bonds is 4.